The van der Waals surface area contributed by atoms with E-state index in [1.54, 1.807) is 0 Å². The van der Waals surface area contributed by atoms with Crippen molar-refractivity contribution in [1.82, 2.24) is 5.32 Å². The van der Waals surface area contributed by atoms with E-state index in [-0.39, 0.29) is 0 Å². The molecule has 0 amide bonds. The Balaban J connectivity index is 1.86. The van der Waals surface area contributed by atoms with Crippen LogP contribution in [0.2, 0.25) is 0 Å². The molecule has 1 aromatic heterocycles. The number of thiophene rings is 1. The van der Waals surface area contributed by atoms with Crippen molar-refractivity contribution < 1.29 is 0 Å². The van der Waals surface area contributed by atoms with Crippen molar-refractivity contribution in [3.05, 3.63) is 20.8 Å². The summed E-state index contributed by atoms with van der Waals surface area (Å²) in [7, 11) is 0. The van der Waals surface area contributed by atoms with Gasteiger partial charge in [0.1, 0.15) is 0 Å². The molecule has 1 fully saturated rings. The molecule has 1 heterocycles. The monoisotopic (exact) mass is 315 g/mol. The number of halogens is 1. The van der Waals surface area contributed by atoms with Crippen LogP contribution in [0.5, 0.6) is 0 Å². The van der Waals surface area contributed by atoms with E-state index in [9.17, 15) is 0 Å². The van der Waals surface area contributed by atoms with Crippen molar-refractivity contribution >= 4 is 27.3 Å². The highest BCUT2D eigenvalue weighted by molar-refractivity contribution is 9.10. The third-order valence-electron chi connectivity index (χ3n) is 3.84. The van der Waals surface area contributed by atoms with Gasteiger partial charge in [-0.15, -0.1) is 11.3 Å². The zero-order valence-electron chi connectivity index (χ0n) is 10.9. The van der Waals surface area contributed by atoms with Crippen molar-refractivity contribution in [3.8, 4) is 0 Å². The lowest BCUT2D eigenvalue weighted by Gasteiger charge is -2.35. The Labute approximate surface area is 117 Å². The van der Waals surface area contributed by atoms with Gasteiger partial charge in [0.05, 0.1) is 0 Å². The predicted molar refractivity (Wildman–Crippen MR) is 79.6 cm³/mol. The van der Waals surface area contributed by atoms with E-state index in [1.807, 2.05) is 11.3 Å². The van der Waals surface area contributed by atoms with Crippen LogP contribution in [0.1, 0.15) is 57.4 Å². The highest BCUT2D eigenvalue weighted by Crippen LogP contribution is 2.36. The highest BCUT2D eigenvalue weighted by atomic mass is 79.9. The van der Waals surface area contributed by atoms with Crippen molar-refractivity contribution in [1.29, 1.82) is 0 Å². The molecule has 3 heteroatoms. The van der Waals surface area contributed by atoms with Gasteiger partial charge < -0.3 is 5.32 Å². The summed E-state index contributed by atoms with van der Waals surface area (Å²) in [5.74, 6) is 0. The Morgan fingerprint density at radius 1 is 1.41 bits per heavy atom. The Morgan fingerprint density at radius 3 is 2.59 bits per heavy atom. The summed E-state index contributed by atoms with van der Waals surface area (Å²) in [6, 6.07) is 3.42. The van der Waals surface area contributed by atoms with Crippen molar-refractivity contribution in [2.45, 2.75) is 58.5 Å². The summed E-state index contributed by atoms with van der Waals surface area (Å²) >= 11 is 5.36. The van der Waals surface area contributed by atoms with Gasteiger partial charge in [-0.25, -0.2) is 0 Å². The van der Waals surface area contributed by atoms with Crippen LogP contribution in [0.25, 0.3) is 0 Å². The first-order valence-corrected chi connectivity index (χ1v) is 8.13. The first-order valence-electron chi connectivity index (χ1n) is 6.46. The number of nitrogens with one attached hydrogen (secondary N) is 1. The first kappa shape index (κ1) is 13.6. The fourth-order valence-corrected chi connectivity index (χ4v) is 4.02. The third-order valence-corrected chi connectivity index (χ3v) is 5.72. The quantitative estimate of drug-likeness (QED) is 0.815. The van der Waals surface area contributed by atoms with Crippen LogP contribution in [-0.4, -0.2) is 6.04 Å². The largest absolute Gasteiger partial charge is 0.307 e. The van der Waals surface area contributed by atoms with Gasteiger partial charge >= 0.3 is 0 Å². The Hall–Kier alpha value is 0.140. The molecule has 96 valence electrons. The zero-order chi connectivity index (χ0) is 12.5. The molecule has 0 saturated heterocycles. The van der Waals surface area contributed by atoms with Gasteiger partial charge in [-0.2, -0.15) is 0 Å². The fourth-order valence-electron chi connectivity index (χ4n) is 2.56. The van der Waals surface area contributed by atoms with E-state index >= 15 is 0 Å². The van der Waals surface area contributed by atoms with Gasteiger partial charge in [-0.05, 0) is 60.0 Å². The van der Waals surface area contributed by atoms with Crippen molar-refractivity contribution in [3.63, 3.8) is 0 Å². The molecule has 1 aliphatic carbocycles. The van der Waals surface area contributed by atoms with Gasteiger partial charge in [-0.1, -0.05) is 13.8 Å². The molecule has 0 aromatic carbocycles. The number of hydrogen-bond donors (Lipinski definition) is 1. The molecule has 1 N–H and O–H groups in total. The molecule has 1 aliphatic rings. The lowest BCUT2D eigenvalue weighted by Crippen LogP contribution is -2.36. The minimum absolute atomic E-state index is 0.484. The van der Waals surface area contributed by atoms with Gasteiger partial charge in [0, 0.05) is 26.8 Å². The van der Waals surface area contributed by atoms with E-state index in [1.165, 1.54) is 35.0 Å². The van der Waals surface area contributed by atoms with Gasteiger partial charge in [-0.3, -0.25) is 0 Å². The summed E-state index contributed by atoms with van der Waals surface area (Å²) in [5, 5.41) is 5.94. The normalized spacial score (nSPS) is 22.6. The van der Waals surface area contributed by atoms with Gasteiger partial charge in [0.15, 0.2) is 0 Å². The maximum Gasteiger partial charge on any atom is 0.0388 e. The molecular formula is C14H22BrNS. The molecule has 0 aliphatic heterocycles. The van der Waals surface area contributed by atoms with Crippen LogP contribution in [-0.2, 0) is 0 Å². The van der Waals surface area contributed by atoms with Crippen LogP contribution in [0.3, 0.4) is 0 Å². The lowest BCUT2D eigenvalue weighted by atomic mass is 9.75. The average Bonchev–Trinajstić information content (AvgIpc) is 2.68. The van der Waals surface area contributed by atoms with E-state index in [0.717, 1.165) is 0 Å². The van der Waals surface area contributed by atoms with Gasteiger partial charge in [0.2, 0.25) is 0 Å². The van der Waals surface area contributed by atoms with Gasteiger partial charge in [0.25, 0.3) is 0 Å². The topological polar surface area (TPSA) is 12.0 Å². The predicted octanol–water partition coefficient (Wildman–Crippen LogP) is 5.13. The summed E-state index contributed by atoms with van der Waals surface area (Å²) in [6.45, 7) is 7.06. The molecule has 1 unspecified atom stereocenters. The molecule has 0 bridgehead atoms. The first-order chi connectivity index (χ1) is 7.96. The second-order valence-electron chi connectivity index (χ2n) is 5.99. The molecule has 0 radical (unpaired) electrons. The molecule has 17 heavy (non-hydrogen) atoms. The summed E-state index contributed by atoms with van der Waals surface area (Å²) in [6.07, 6.45) is 5.35. The Bertz CT molecular complexity index is 362. The Kier molecular flexibility index (Phi) is 4.32. The van der Waals surface area contributed by atoms with Crippen LogP contribution in [0.15, 0.2) is 15.9 Å². The molecular weight excluding hydrogens is 294 g/mol. The molecule has 2 rings (SSSR count). The zero-order valence-corrected chi connectivity index (χ0v) is 13.3. The van der Waals surface area contributed by atoms with Crippen LogP contribution >= 0.6 is 27.3 Å². The number of rotatable bonds is 3. The van der Waals surface area contributed by atoms with E-state index < -0.39 is 0 Å². The number of hydrogen-bond acceptors (Lipinski definition) is 2. The Morgan fingerprint density at radius 2 is 2.06 bits per heavy atom. The van der Waals surface area contributed by atoms with Crippen LogP contribution in [0.4, 0.5) is 0 Å². The average molecular weight is 316 g/mol. The van der Waals surface area contributed by atoms with E-state index in [4.69, 9.17) is 0 Å². The molecule has 1 atom stereocenters. The highest BCUT2D eigenvalue weighted by Gasteiger charge is 2.27. The minimum Gasteiger partial charge on any atom is -0.307 e. The fraction of sp³-hybridized carbons (Fsp3) is 0.714. The van der Waals surface area contributed by atoms with Crippen molar-refractivity contribution in [2.24, 2.45) is 5.41 Å². The summed E-state index contributed by atoms with van der Waals surface area (Å²) in [5.41, 5.74) is 0.563. The van der Waals surface area contributed by atoms with E-state index in [0.29, 0.717) is 17.5 Å². The SMILES string of the molecule is CC(NC1CCC(C)(C)CC1)c1cc(Br)cs1. The minimum atomic E-state index is 0.484. The molecule has 0 spiro atoms. The maximum atomic E-state index is 3.78. The van der Waals surface area contributed by atoms with Crippen molar-refractivity contribution in [2.75, 3.05) is 0 Å². The summed E-state index contributed by atoms with van der Waals surface area (Å²) in [4.78, 5) is 1.43. The maximum absolute atomic E-state index is 3.78. The third kappa shape index (κ3) is 3.80. The molecule has 1 nitrogen and oxygen atoms in total. The smallest absolute Gasteiger partial charge is 0.0388 e. The molecule has 1 saturated carbocycles. The lowest BCUT2D eigenvalue weighted by molar-refractivity contribution is 0.200. The van der Waals surface area contributed by atoms with Crippen LogP contribution < -0.4 is 5.32 Å². The van der Waals surface area contributed by atoms with E-state index in [2.05, 4.69) is 53.5 Å². The summed E-state index contributed by atoms with van der Waals surface area (Å²) < 4.78 is 1.20. The second kappa shape index (κ2) is 5.41. The molecule has 1 aromatic rings. The standard InChI is InChI=1S/C14H22BrNS/c1-10(13-8-11(15)9-17-13)16-12-4-6-14(2,3)7-5-12/h8-10,12,16H,4-7H2,1-3H3. The second-order valence-corrected chi connectivity index (χ2v) is 7.85. The van der Waals surface area contributed by atoms with Crippen LogP contribution in [0, 0.1) is 5.41 Å².